The van der Waals surface area contributed by atoms with Crippen LogP contribution in [-0.4, -0.2) is 59.1 Å². The van der Waals surface area contributed by atoms with Crippen LogP contribution < -0.4 is 14.5 Å². The van der Waals surface area contributed by atoms with E-state index in [2.05, 4.69) is 4.90 Å². The van der Waals surface area contributed by atoms with Crippen LogP contribution in [0.3, 0.4) is 0 Å². The highest BCUT2D eigenvalue weighted by atomic mass is 32.2. The average Bonchev–Trinajstić information content (AvgIpc) is 2.86. The molecule has 1 amide bonds. The van der Waals surface area contributed by atoms with Crippen LogP contribution in [0.1, 0.15) is 0 Å². The quantitative estimate of drug-likeness (QED) is 0.591. The lowest BCUT2D eigenvalue weighted by Gasteiger charge is -2.38. The summed E-state index contributed by atoms with van der Waals surface area (Å²) in [7, 11) is -1.96. The van der Waals surface area contributed by atoms with Gasteiger partial charge in [0.15, 0.2) is 0 Å². The summed E-state index contributed by atoms with van der Waals surface area (Å²) >= 11 is 0. The molecule has 0 radical (unpaired) electrons. The molecule has 7 nitrogen and oxygen atoms in total. The molecule has 2 aliphatic heterocycles. The highest BCUT2D eigenvalue weighted by molar-refractivity contribution is 7.92. The fraction of sp³-hybridized carbons (Fsp3) is 0.240. The molecule has 2 aliphatic rings. The normalized spacial score (nSPS) is 16.7. The zero-order chi connectivity index (χ0) is 23.0. The first-order valence-corrected chi connectivity index (χ1v) is 12.4. The lowest BCUT2D eigenvalue weighted by atomic mass is 10.2. The fourth-order valence-corrected chi connectivity index (χ4v) is 6.22. The van der Waals surface area contributed by atoms with Gasteiger partial charge in [0, 0.05) is 26.2 Å². The van der Waals surface area contributed by atoms with Gasteiger partial charge in [-0.05, 0) is 36.4 Å². The fourth-order valence-electron chi connectivity index (χ4n) is 4.56. The number of rotatable bonds is 4. The van der Waals surface area contributed by atoms with Gasteiger partial charge < -0.3 is 19.4 Å². The number of carbonyl (C=O) groups is 1. The second-order valence-electron chi connectivity index (χ2n) is 8.06. The van der Waals surface area contributed by atoms with E-state index in [1.165, 1.54) is 0 Å². The van der Waals surface area contributed by atoms with E-state index in [4.69, 9.17) is 4.74 Å². The summed E-state index contributed by atoms with van der Waals surface area (Å²) in [5.74, 6) is 0.790. The lowest BCUT2D eigenvalue weighted by Crippen LogP contribution is -2.51. The van der Waals surface area contributed by atoms with Crippen molar-refractivity contribution in [1.29, 1.82) is 0 Å². The highest BCUT2D eigenvalue weighted by Crippen LogP contribution is 2.43. The van der Waals surface area contributed by atoms with Crippen molar-refractivity contribution in [2.45, 2.75) is 9.79 Å². The highest BCUT2D eigenvalue weighted by Gasteiger charge is 2.35. The maximum atomic E-state index is 13.3. The summed E-state index contributed by atoms with van der Waals surface area (Å²) in [6.45, 7) is 2.66. The summed E-state index contributed by atoms with van der Waals surface area (Å²) in [6.07, 6.45) is 0. The van der Waals surface area contributed by atoms with Crippen LogP contribution >= 0.6 is 0 Å². The Balaban J connectivity index is 1.36. The number of ether oxygens (including phenoxy) is 1. The molecule has 0 saturated carbocycles. The van der Waals surface area contributed by atoms with Gasteiger partial charge in [0.2, 0.25) is 15.7 Å². The maximum Gasteiger partial charge on any atom is 0.242 e. The minimum absolute atomic E-state index is 0.0291. The molecule has 1 fully saturated rings. The monoisotopic (exact) mass is 463 g/mol. The third kappa shape index (κ3) is 3.70. The van der Waals surface area contributed by atoms with E-state index >= 15 is 0 Å². The Morgan fingerprint density at radius 1 is 0.788 bits per heavy atom. The van der Waals surface area contributed by atoms with E-state index in [0.717, 1.165) is 11.4 Å². The molecule has 0 N–H and O–H groups in total. The number of methoxy groups -OCH3 is 1. The molecule has 0 aromatic heterocycles. The van der Waals surface area contributed by atoms with Gasteiger partial charge in [0.25, 0.3) is 0 Å². The second-order valence-corrected chi connectivity index (χ2v) is 9.95. The smallest absolute Gasteiger partial charge is 0.242 e. The van der Waals surface area contributed by atoms with Gasteiger partial charge in [0.1, 0.15) is 12.3 Å². The van der Waals surface area contributed by atoms with Crippen LogP contribution in [0, 0.1) is 0 Å². The number of nitrogens with zero attached hydrogens (tertiary/aromatic N) is 3. The molecule has 0 unspecified atom stereocenters. The van der Waals surface area contributed by atoms with E-state index in [0.29, 0.717) is 37.6 Å². The second kappa shape index (κ2) is 8.44. The Bertz CT molecular complexity index is 1250. The van der Waals surface area contributed by atoms with Crippen LogP contribution in [0.4, 0.5) is 17.1 Å². The molecule has 1 saturated heterocycles. The minimum atomic E-state index is -3.62. The van der Waals surface area contributed by atoms with Gasteiger partial charge >= 0.3 is 0 Å². The molecule has 0 atom stereocenters. The number of carbonyl (C=O) groups excluding carboxylic acids is 1. The zero-order valence-electron chi connectivity index (χ0n) is 18.3. The van der Waals surface area contributed by atoms with Crippen molar-refractivity contribution in [2.75, 3.05) is 49.6 Å². The SMILES string of the molecule is COc1ccccc1N1CCN(C(=O)CN2c3ccccc3S(=O)(=O)c3ccccc32)CC1. The number of piperazine rings is 1. The third-order valence-electron chi connectivity index (χ3n) is 6.24. The third-order valence-corrected chi connectivity index (χ3v) is 8.09. The van der Waals surface area contributed by atoms with Crippen LogP contribution in [0.15, 0.2) is 82.6 Å². The molecule has 3 aromatic rings. The molecule has 8 heteroatoms. The minimum Gasteiger partial charge on any atom is -0.495 e. The lowest BCUT2D eigenvalue weighted by molar-refractivity contribution is -0.129. The topological polar surface area (TPSA) is 70.2 Å². The number of fused-ring (bicyclic) bond motifs is 2. The van der Waals surface area contributed by atoms with Crippen molar-refractivity contribution in [3.63, 3.8) is 0 Å². The van der Waals surface area contributed by atoms with Gasteiger partial charge in [-0.25, -0.2) is 8.42 Å². The molecule has 33 heavy (non-hydrogen) atoms. The molecular weight excluding hydrogens is 438 g/mol. The van der Waals surface area contributed by atoms with E-state index in [-0.39, 0.29) is 22.2 Å². The van der Waals surface area contributed by atoms with Gasteiger partial charge in [-0.2, -0.15) is 0 Å². The first-order valence-electron chi connectivity index (χ1n) is 10.9. The van der Waals surface area contributed by atoms with Crippen molar-refractivity contribution >= 4 is 32.8 Å². The molecular formula is C25H25N3O4S. The van der Waals surface area contributed by atoms with E-state index < -0.39 is 9.84 Å². The van der Waals surface area contributed by atoms with Crippen molar-refractivity contribution in [2.24, 2.45) is 0 Å². The van der Waals surface area contributed by atoms with E-state index in [1.54, 1.807) is 55.6 Å². The van der Waals surface area contributed by atoms with Crippen LogP contribution in [0.2, 0.25) is 0 Å². The van der Waals surface area contributed by atoms with Crippen LogP contribution in [0.5, 0.6) is 5.75 Å². The number of hydrogen-bond donors (Lipinski definition) is 0. The zero-order valence-corrected chi connectivity index (χ0v) is 19.2. The van der Waals surface area contributed by atoms with Crippen molar-refractivity contribution in [3.05, 3.63) is 72.8 Å². The van der Waals surface area contributed by atoms with Gasteiger partial charge in [0.05, 0.1) is 34.0 Å². The summed E-state index contributed by atoms with van der Waals surface area (Å²) < 4.78 is 31.7. The van der Waals surface area contributed by atoms with Crippen molar-refractivity contribution in [3.8, 4) is 5.75 Å². The van der Waals surface area contributed by atoms with Crippen molar-refractivity contribution in [1.82, 2.24) is 4.90 Å². The Hall–Kier alpha value is -3.52. The van der Waals surface area contributed by atoms with Gasteiger partial charge in [-0.1, -0.05) is 36.4 Å². The van der Waals surface area contributed by atoms with Gasteiger partial charge in [-0.15, -0.1) is 0 Å². The molecule has 2 heterocycles. The summed E-state index contributed by atoms with van der Waals surface area (Å²) in [5, 5.41) is 0. The maximum absolute atomic E-state index is 13.3. The molecule has 0 bridgehead atoms. The number of amides is 1. The number of hydrogen-bond acceptors (Lipinski definition) is 6. The van der Waals surface area contributed by atoms with Gasteiger partial charge in [-0.3, -0.25) is 4.79 Å². The Morgan fingerprint density at radius 3 is 1.88 bits per heavy atom. The molecule has 0 spiro atoms. The Kier molecular flexibility index (Phi) is 5.46. The molecule has 5 rings (SSSR count). The summed E-state index contributed by atoms with van der Waals surface area (Å²) in [4.78, 5) is 19.7. The number of sulfone groups is 1. The number of benzene rings is 3. The first kappa shape index (κ1) is 21.3. The molecule has 170 valence electrons. The number of para-hydroxylation sites is 4. The Morgan fingerprint density at radius 2 is 1.30 bits per heavy atom. The Labute approximate surface area is 193 Å². The van der Waals surface area contributed by atoms with Crippen molar-refractivity contribution < 1.29 is 17.9 Å². The van der Waals surface area contributed by atoms with E-state index in [1.807, 2.05) is 34.1 Å². The summed E-state index contributed by atoms with van der Waals surface area (Å²) in [6, 6.07) is 21.6. The molecule has 0 aliphatic carbocycles. The predicted octanol–water partition coefficient (Wildman–Crippen LogP) is 3.33. The average molecular weight is 464 g/mol. The predicted molar refractivity (Wildman–Crippen MR) is 127 cm³/mol. The first-order chi connectivity index (χ1) is 16.0. The summed E-state index contributed by atoms with van der Waals surface area (Å²) in [5.41, 5.74) is 2.10. The largest absolute Gasteiger partial charge is 0.495 e. The molecule has 3 aromatic carbocycles. The standard InChI is InChI=1S/C25H25N3O4S/c1-32-22-11-5-2-8-19(22)26-14-16-27(17-15-26)25(29)18-28-20-9-3-6-12-23(20)33(30,31)24-13-7-4-10-21(24)28/h2-13H,14-18H2,1H3. The van der Waals surface area contributed by atoms with Crippen LogP contribution in [0.25, 0.3) is 0 Å². The van der Waals surface area contributed by atoms with E-state index in [9.17, 15) is 13.2 Å². The van der Waals surface area contributed by atoms with Crippen LogP contribution in [-0.2, 0) is 14.6 Å². The number of anilines is 3.